The van der Waals surface area contributed by atoms with Gasteiger partial charge in [0.1, 0.15) is 0 Å². The number of rotatable bonds is 7. The molecule has 0 aliphatic heterocycles. The molecular formula is C24H21N3O2S. The van der Waals surface area contributed by atoms with Crippen LogP contribution in [0.5, 0.6) is 0 Å². The summed E-state index contributed by atoms with van der Waals surface area (Å²) in [6.07, 6.45) is 0.766. The molecule has 1 heterocycles. The molecule has 5 nitrogen and oxygen atoms in total. The Balaban J connectivity index is 1.40. The van der Waals surface area contributed by atoms with Gasteiger partial charge in [0, 0.05) is 16.1 Å². The van der Waals surface area contributed by atoms with Gasteiger partial charge in [-0.15, -0.1) is 11.8 Å². The molecule has 0 radical (unpaired) electrons. The fraction of sp³-hybridized carbons (Fsp3) is 0.125. The van der Waals surface area contributed by atoms with Crippen LogP contribution in [0.4, 0.5) is 5.69 Å². The lowest BCUT2D eigenvalue weighted by atomic mass is 10.0. The number of aryl methyl sites for hydroxylation is 1. The Labute approximate surface area is 179 Å². The van der Waals surface area contributed by atoms with E-state index >= 15 is 0 Å². The Morgan fingerprint density at radius 3 is 2.43 bits per heavy atom. The van der Waals surface area contributed by atoms with Crippen LogP contribution in [-0.4, -0.2) is 16.0 Å². The predicted octanol–water partition coefficient (Wildman–Crippen LogP) is 5.51. The first-order valence-electron chi connectivity index (χ1n) is 9.62. The number of nitrogens with one attached hydrogen (secondary N) is 1. The number of para-hydroxylation sites is 1. The van der Waals surface area contributed by atoms with E-state index in [9.17, 15) is 4.79 Å². The third kappa shape index (κ3) is 5.15. The van der Waals surface area contributed by atoms with Crippen molar-refractivity contribution in [1.82, 2.24) is 10.1 Å². The molecule has 1 aromatic heterocycles. The summed E-state index contributed by atoms with van der Waals surface area (Å²) in [4.78, 5) is 18.0. The molecule has 4 rings (SSSR count). The molecule has 0 bridgehead atoms. The summed E-state index contributed by atoms with van der Waals surface area (Å²) in [5.41, 5.74) is 3.73. The summed E-state index contributed by atoms with van der Waals surface area (Å²) >= 11 is 1.59. The van der Waals surface area contributed by atoms with Crippen molar-refractivity contribution in [1.29, 1.82) is 0 Å². The molecule has 0 fully saturated rings. The zero-order valence-corrected chi connectivity index (χ0v) is 17.4. The Morgan fingerprint density at radius 2 is 1.70 bits per heavy atom. The minimum Gasteiger partial charge on any atom is -0.338 e. The number of amides is 1. The Bertz CT molecular complexity index is 1120. The number of hydrogen-bond acceptors (Lipinski definition) is 5. The van der Waals surface area contributed by atoms with E-state index in [-0.39, 0.29) is 5.91 Å². The number of anilines is 1. The van der Waals surface area contributed by atoms with Crippen LogP contribution >= 0.6 is 11.8 Å². The molecular weight excluding hydrogens is 394 g/mol. The minimum atomic E-state index is -0.125. The summed E-state index contributed by atoms with van der Waals surface area (Å²) in [7, 11) is 0. The topological polar surface area (TPSA) is 68.0 Å². The van der Waals surface area contributed by atoms with Gasteiger partial charge in [-0.2, -0.15) is 4.98 Å². The number of aromatic nitrogens is 2. The molecule has 1 N–H and O–H groups in total. The predicted molar refractivity (Wildman–Crippen MR) is 119 cm³/mol. The highest BCUT2D eigenvalue weighted by molar-refractivity contribution is 7.98. The minimum absolute atomic E-state index is 0.125. The van der Waals surface area contributed by atoms with Gasteiger partial charge in [-0.25, -0.2) is 0 Å². The van der Waals surface area contributed by atoms with Crippen LogP contribution in [0.3, 0.4) is 0 Å². The Morgan fingerprint density at radius 1 is 0.967 bits per heavy atom. The zero-order chi connectivity index (χ0) is 20.8. The van der Waals surface area contributed by atoms with Crippen LogP contribution < -0.4 is 5.32 Å². The van der Waals surface area contributed by atoms with E-state index < -0.39 is 0 Å². The van der Waals surface area contributed by atoms with E-state index in [1.165, 1.54) is 5.56 Å². The molecule has 0 unspecified atom stereocenters. The van der Waals surface area contributed by atoms with E-state index in [1.807, 2.05) is 66.7 Å². The van der Waals surface area contributed by atoms with Crippen LogP contribution in [0.25, 0.3) is 0 Å². The number of hydrogen-bond donors (Lipinski definition) is 1. The van der Waals surface area contributed by atoms with Crippen molar-refractivity contribution in [3.05, 3.63) is 107 Å². The molecule has 30 heavy (non-hydrogen) atoms. The first-order valence-corrected chi connectivity index (χ1v) is 10.6. The smallest absolute Gasteiger partial charge is 0.255 e. The van der Waals surface area contributed by atoms with Gasteiger partial charge in [-0.3, -0.25) is 4.79 Å². The van der Waals surface area contributed by atoms with E-state index in [0.29, 0.717) is 23.0 Å². The molecule has 150 valence electrons. The van der Waals surface area contributed by atoms with Crippen molar-refractivity contribution >= 4 is 23.4 Å². The highest BCUT2D eigenvalue weighted by Crippen LogP contribution is 2.24. The van der Waals surface area contributed by atoms with Crippen LogP contribution in [-0.2, 0) is 12.2 Å². The van der Waals surface area contributed by atoms with Gasteiger partial charge >= 0.3 is 0 Å². The lowest BCUT2D eigenvalue weighted by Crippen LogP contribution is -2.13. The molecule has 4 aromatic rings. The van der Waals surface area contributed by atoms with Gasteiger partial charge in [0.25, 0.3) is 5.91 Å². The molecule has 0 spiro atoms. The molecule has 0 saturated heterocycles. The largest absolute Gasteiger partial charge is 0.338 e. The molecule has 0 atom stereocenters. The number of carbonyl (C=O) groups excluding carboxylic acids is 1. The average molecular weight is 416 g/mol. The quantitative estimate of drug-likeness (QED) is 0.403. The van der Waals surface area contributed by atoms with Gasteiger partial charge < -0.3 is 9.84 Å². The highest BCUT2D eigenvalue weighted by Gasteiger charge is 2.10. The standard InChI is InChI=1S/C24H21N3O2S/c1-17-25-23(29-27-17)16-30-21-13-11-19(12-14-21)24(28)26-22-10-6-5-9-20(22)15-18-7-3-2-4-8-18/h2-14H,15-16H2,1H3,(H,26,28). The van der Waals surface area contributed by atoms with Crippen LogP contribution in [0.1, 0.15) is 33.2 Å². The molecule has 0 aliphatic carbocycles. The first-order chi connectivity index (χ1) is 14.7. The van der Waals surface area contributed by atoms with E-state index in [0.717, 1.165) is 22.6 Å². The molecule has 3 aromatic carbocycles. The van der Waals surface area contributed by atoms with Gasteiger partial charge in [-0.05, 0) is 54.8 Å². The zero-order valence-electron chi connectivity index (χ0n) is 16.5. The summed E-state index contributed by atoms with van der Waals surface area (Å²) in [5, 5.41) is 6.84. The summed E-state index contributed by atoms with van der Waals surface area (Å²) in [6, 6.07) is 25.6. The normalized spacial score (nSPS) is 10.7. The molecule has 1 amide bonds. The van der Waals surface area contributed by atoms with Crippen molar-refractivity contribution in [3.8, 4) is 0 Å². The fourth-order valence-corrected chi connectivity index (χ4v) is 3.79. The Hall–Kier alpha value is -3.38. The van der Waals surface area contributed by atoms with E-state index in [4.69, 9.17) is 4.52 Å². The van der Waals surface area contributed by atoms with Crippen molar-refractivity contribution in [2.24, 2.45) is 0 Å². The second-order valence-electron chi connectivity index (χ2n) is 6.82. The fourth-order valence-electron chi connectivity index (χ4n) is 3.05. The Kier molecular flexibility index (Phi) is 6.25. The van der Waals surface area contributed by atoms with Crippen LogP contribution in [0.15, 0.2) is 88.3 Å². The third-order valence-corrected chi connectivity index (χ3v) is 5.55. The number of benzene rings is 3. The summed E-state index contributed by atoms with van der Waals surface area (Å²) in [5.74, 6) is 1.69. The van der Waals surface area contributed by atoms with Crippen molar-refractivity contribution < 1.29 is 9.32 Å². The van der Waals surface area contributed by atoms with E-state index in [1.54, 1.807) is 18.7 Å². The first kappa shape index (κ1) is 19.9. The van der Waals surface area contributed by atoms with E-state index in [2.05, 4.69) is 27.6 Å². The number of nitrogens with zero attached hydrogens (tertiary/aromatic N) is 2. The number of thioether (sulfide) groups is 1. The number of carbonyl (C=O) groups is 1. The third-order valence-electron chi connectivity index (χ3n) is 4.55. The van der Waals surface area contributed by atoms with Gasteiger partial charge in [0.15, 0.2) is 5.82 Å². The highest BCUT2D eigenvalue weighted by atomic mass is 32.2. The second kappa shape index (κ2) is 9.41. The molecule has 0 aliphatic rings. The van der Waals surface area contributed by atoms with Crippen molar-refractivity contribution in [2.45, 2.75) is 24.0 Å². The molecule has 0 saturated carbocycles. The van der Waals surface area contributed by atoms with Gasteiger partial charge in [-0.1, -0.05) is 53.7 Å². The SMILES string of the molecule is Cc1noc(CSc2ccc(C(=O)Nc3ccccc3Cc3ccccc3)cc2)n1. The molecule has 6 heteroatoms. The van der Waals surface area contributed by atoms with Crippen molar-refractivity contribution in [2.75, 3.05) is 5.32 Å². The maximum Gasteiger partial charge on any atom is 0.255 e. The van der Waals surface area contributed by atoms with Crippen molar-refractivity contribution in [3.63, 3.8) is 0 Å². The van der Waals surface area contributed by atoms with Gasteiger partial charge in [0.05, 0.1) is 5.75 Å². The second-order valence-corrected chi connectivity index (χ2v) is 7.87. The maximum absolute atomic E-state index is 12.8. The monoisotopic (exact) mass is 415 g/mol. The lowest BCUT2D eigenvalue weighted by molar-refractivity contribution is 0.102. The maximum atomic E-state index is 12.8. The van der Waals surface area contributed by atoms with Crippen LogP contribution in [0, 0.1) is 6.92 Å². The summed E-state index contributed by atoms with van der Waals surface area (Å²) in [6.45, 7) is 1.79. The lowest BCUT2D eigenvalue weighted by Gasteiger charge is -2.11. The summed E-state index contributed by atoms with van der Waals surface area (Å²) < 4.78 is 5.12. The van der Waals surface area contributed by atoms with Gasteiger partial charge in [0.2, 0.25) is 5.89 Å². The van der Waals surface area contributed by atoms with Crippen LogP contribution in [0.2, 0.25) is 0 Å². The average Bonchev–Trinajstić information content (AvgIpc) is 3.20.